The second-order valence-electron chi connectivity index (χ2n) is 6.98. The molecular formula is C23H36O. The highest BCUT2D eigenvalue weighted by atomic mass is 16.1. The maximum Gasteiger partial charge on any atom is 0.152 e. The first-order valence-corrected chi connectivity index (χ1v) is 9.10. The molecule has 0 saturated carbocycles. The first kappa shape index (κ1) is 22.4. The second kappa shape index (κ2) is 13.8. The zero-order chi connectivity index (χ0) is 18.4. The van der Waals surface area contributed by atoms with Gasteiger partial charge in [-0.15, -0.1) is 0 Å². The van der Waals surface area contributed by atoms with Gasteiger partial charge in [-0.1, -0.05) is 52.7 Å². The van der Waals surface area contributed by atoms with E-state index in [-0.39, 0.29) is 5.78 Å². The van der Waals surface area contributed by atoms with Crippen molar-refractivity contribution in [2.24, 2.45) is 0 Å². The molecule has 0 bridgehead atoms. The van der Waals surface area contributed by atoms with E-state index in [0.29, 0.717) is 0 Å². The molecule has 0 unspecified atom stereocenters. The van der Waals surface area contributed by atoms with E-state index in [1.807, 2.05) is 12.2 Å². The number of allylic oxidation sites excluding steroid dienone is 10. The van der Waals surface area contributed by atoms with Gasteiger partial charge in [-0.25, -0.2) is 0 Å². The summed E-state index contributed by atoms with van der Waals surface area (Å²) < 4.78 is 0. The Morgan fingerprint density at radius 3 is 1.58 bits per heavy atom. The first-order chi connectivity index (χ1) is 11.3. The van der Waals surface area contributed by atoms with E-state index < -0.39 is 0 Å². The summed E-state index contributed by atoms with van der Waals surface area (Å²) in [5.74, 6) is 0.0963. The van der Waals surface area contributed by atoms with Gasteiger partial charge in [0.15, 0.2) is 5.78 Å². The number of carbonyl (C=O) groups excluding carboxylic acids is 1. The van der Waals surface area contributed by atoms with E-state index >= 15 is 0 Å². The molecule has 0 aliphatic rings. The summed E-state index contributed by atoms with van der Waals surface area (Å²) in [6.07, 6.45) is 19.3. The van der Waals surface area contributed by atoms with Crippen molar-refractivity contribution in [2.45, 2.75) is 80.1 Å². The van der Waals surface area contributed by atoms with Crippen LogP contribution in [0, 0.1) is 0 Å². The summed E-state index contributed by atoms with van der Waals surface area (Å²) >= 11 is 0. The number of hydrogen-bond donors (Lipinski definition) is 0. The first-order valence-electron chi connectivity index (χ1n) is 9.10. The molecule has 0 amide bonds. The number of ketones is 1. The van der Waals surface area contributed by atoms with Gasteiger partial charge in [-0.3, -0.25) is 4.79 Å². The third-order valence-corrected chi connectivity index (χ3v) is 3.87. The summed E-state index contributed by atoms with van der Waals surface area (Å²) in [7, 11) is 0. The van der Waals surface area contributed by atoms with Gasteiger partial charge >= 0.3 is 0 Å². The Bertz CT molecular complexity index is 520. The van der Waals surface area contributed by atoms with Crippen molar-refractivity contribution in [3.05, 3.63) is 58.7 Å². The Hall–Kier alpha value is -1.63. The van der Waals surface area contributed by atoms with Crippen LogP contribution in [0.1, 0.15) is 80.1 Å². The molecule has 0 atom stereocenters. The minimum Gasteiger partial charge on any atom is -0.295 e. The van der Waals surface area contributed by atoms with Gasteiger partial charge in [0.05, 0.1) is 0 Å². The molecule has 24 heavy (non-hydrogen) atoms. The van der Waals surface area contributed by atoms with Gasteiger partial charge in [0.2, 0.25) is 0 Å². The van der Waals surface area contributed by atoms with Crippen LogP contribution in [-0.2, 0) is 4.79 Å². The SMILES string of the molecule is CC(=O)C=CC=C(C)CCC=C(C)CCC=C(C)CCC=C(C)C. The molecule has 0 N–H and O–H groups in total. The summed E-state index contributed by atoms with van der Waals surface area (Å²) in [6.45, 7) is 12.5. The molecule has 0 saturated heterocycles. The van der Waals surface area contributed by atoms with Crippen molar-refractivity contribution in [3.8, 4) is 0 Å². The molecule has 0 aromatic heterocycles. The summed E-state index contributed by atoms with van der Waals surface area (Å²) in [6, 6.07) is 0. The lowest BCUT2D eigenvalue weighted by molar-refractivity contribution is -0.112. The molecule has 0 radical (unpaired) electrons. The Labute approximate surface area is 149 Å². The average Bonchev–Trinajstić information content (AvgIpc) is 2.46. The molecular weight excluding hydrogens is 292 g/mol. The van der Waals surface area contributed by atoms with Crippen LogP contribution in [0.25, 0.3) is 0 Å². The van der Waals surface area contributed by atoms with E-state index in [0.717, 1.165) is 32.1 Å². The highest BCUT2D eigenvalue weighted by Crippen LogP contribution is 2.13. The highest BCUT2D eigenvalue weighted by Gasteiger charge is 1.93. The topological polar surface area (TPSA) is 17.1 Å². The Kier molecular flexibility index (Phi) is 12.8. The molecule has 0 rings (SSSR count). The molecule has 1 heteroatoms. The lowest BCUT2D eigenvalue weighted by atomic mass is 10.0. The van der Waals surface area contributed by atoms with Gasteiger partial charge in [0, 0.05) is 0 Å². The Balaban J connectivity index is 4.06. The van der Waals surface area contributed by atoms with Crippen molar-refractivity contribution >= 4 is 5.78 Å². The van der Waals surface area contributed by atoms with Crippen molar-refractivity contribution in [3.63, 3.8) is 0 Å². The maximum atomic E-state index is 10.8. The standard InChI is InChI=1S/C23H36O/c1-19(2)11-7-12-20(3)13-8-14-21(4)15-9-16-22(5)17-10-18-23(6)24/h10-11,13,15,17-18H,7-9,12,14,16H2,1-6H3. The third-order valence-electron chi connectivity index (χ3n) is 3.87. The van der Waals surface area contributed by atoms with Crippen molar-refractivity contribution in [1.82, 2.24) is 0 Å². The van der Waals surface area contributed by atoms with E-state index in [9.17, 15) is 4.79 Å². The van der Waals surface area contributed by atoms with Gasteiger partial charge < -0.3 is 0 Å². The van der Waals surface area contributed by atoms with Crippen molar-refractivity contribution < 1.29 is 4.79 Å². The highest BCUT2D eigenvalue weighted by molar-refractivity contribution is 5.87. The second-order valence-corrected chi connectivity index (χ2v) is 6.98. The fraction of sp³-hybridized carbons (Fsp3) is 0.522. The third kappa shape index (κ3) is 15.3. The van der Waals surface area contributed by atoms with Crippen LogP contribution in [0.2, 0.25) is 0 Å². The van der Waals surface area contributed by atoms with Crippen LogP contribution in [0.15, 0.2) is 58.7 Å². The molecule has 0 aliphatic heterocycles. The Morgan fingerprint density at radius 1 is 0.667 bits per heavy atom. The largest absolute Gasteiger partial charge is 0.295 e. The van der Waals surface area contributed by atoms with Crippen LogP contribution >= 0.6 is 0 Å². The van der Waals surface area contributed by atoms with E-state index in [1.54, 1.807) is 13.0 Å². The van der Waals surface area contributed by atoms with Gasteiger partial charge in [-0.2, -0.15) is 0 Å². The van der Waals surface area contributed by atoms with E-state index in [1.165, 1.54) is 28.7 Å². The molecule has 0 aromatic carbocycles. The predicted octanol–water partition coefficient (Wildman–Crippen LogP) is 7.28. The quantitative estimate of drug-likeness (QED) is 0.221. The molecule has 134 valence electrons. The molecule has 0 heterocycles. The zero-order valence-electron chi connectivity index (χ0n) is 16.6. The van der Waals surface area contributed by atoms with Gasteiger partial charge in [0.1, 0.15) is 0 Å². The lowest BCUT2D eigenvalue weighted by Gasteiger charge is -2.02. The molecule has 1 nitrogen and oxygen atoms in total. The number of rotatable bonds is 11. The summed E-state index contributed by atoms with van der Waals surface area (Å²) in [4.78, 5) is 10.8. The van der Waals surface area contributed by atoms with E-state index in [4.69, 9.17) is 0 Å². The predicted molar refractivity (Wildman–Crippen MR) is 108 cm³/mol. The monoisotopic (exact) mass is 328 g/mol. The average molecular weight is 329 g/mol. The van der Waals surface area contributed by atoms with Crippen LogP contribution in [-0.4, -0.2) is 5.78 Å². The Morgan fingerprint density at radius 2 is 1.12 bits per heavy atom. The number of carbonyl (C=O) groups is 1. The van der Waals surface area contributed by atoms with Crippen molar-refractivity contribution in [2.75, 3.05) is 0 Å². The zero-order valence-corrected chi connectivity index (χ0v) is 16.6. The molecule has 0 aromatic rings. The van der Waals surface area contributed by atoms with Gasteiger partial charge in [-0.05, 0) is 86.1 Å². The summed E-state index contributed by atoms with van der Waals surface area (Å²) in [5.41, 5.74) is 5.68. The summed E-state index contributed by atoms with van der Waals surface area (Å²) in [5, 5.41) is 0. The maximum absolute atomic E-state index is 10.8. The van der Waals surface area contributed by atoms with Crippen molar-refractivity contribution in [1.29, 1.82) is 0 Å². The minimum atomic E-state index is 0.0963. The fourth-order valence-corrected chi connectivity index (χ4v) is 2.32. The normalized spacial score (nSPS) is 13.5. The minimum absolute atomic E-state index is 0.0963. The van der Waals surface area contributed by atoms with E-state index in [2.05, 4.69) is 52.8 Å². The molecule has 0 fully saturated rings. The lowest BCUT2D eigenvalue weighted by Crippen LogP contribution is -1.82. The van der Waals surface area contributed by atoms with Gasteiger partial charge in [0.25, 0.3) is 0 Å². The van der Waals surface area contributed by atoms with Crippen LogP contribution < -0.4 is 0 Å². The van der Waals surface area contributed by atoms with Crippen LogP contribution in [0.4, 0.5) is 0 Å². The molecule has 0 spiro atoms. The fourth-order valence-electron chi connectivity index (χ4n) is 2.32. The van der Waals surface area contributed by atoms with Crippen LogP contribution in [0.3, 0.4) is 0 Å². The smallest absolute Gasteiger partial charge is 0.152 e. The number of hydrogen-bond acceptors (Lipinski definition) is 1. The van der Waals surface area contributed by atoms with Crippen LogP contribution in [0.5, 0.6) is 0 Å². The molecule has 0 aliphatic carbocycles.